The van der Waals surface area contributed by atoms with Crippen LogP contribution < -0.4 is 5.43 Å². The molecule has 10 nitrogen and oxygen atoms in total. The normalized spacial score (nSPS) is 14.7. The Balaban J connectivity index is 1.79. The van der Waals surface area contributed by atoms with E-state index in [1.54, 1.807) is 24.7 Å². The number of aromatic nitrogens is 5. The molecule has 0 aliphatic carbocycles. The Morgan fingerprint density at radius 1 is 1.15 bits per heavy atom. The Labute approximate surface area is 191 Å². The molecule has 33 heavy (non-hydrogen) atoms. The fraction of sp³-hybridized carbons (Fsp3) is 0.304. The van der Waals surface area contributed by atoms with Gasteiger partial charge < -0.3 is 14.9 Å². The Hall–Kier alpha value is -3.92. The molecule has 3 aromatic heterocycles. The van der Waals surface area contributed by atoms with Crippen LogP contribution in [0.25, 0.3) is 6.08 Å². The maximum Gasteiger partial charge on any atom is 0.273 e. The predicted molar refractivity (Wildman–Crippen MR) is 124 cm³/mol. The zero-order valence-electron chi connectivity index (χ0n) is 18.8. The number of likely N-dealkylation sites (N-methyl/N-ethyl adjacent to an activating group) is 1. The van der Waals surface area contributed by atoms with E-state index >= 15 is 0 Å². The van der Waals surface area contributed by atoms with Crippen molar-refractivity contribution in [2.45, 2.75) is 27.2 Å². The summed E-state index contributed by atoms with van der Waals surface area (Å²) in [7, 11) is 0. The Bertz CT molecular complexity index is 1200. The number of aromatic amines is 2. The third-order valence-electron chi connectivity index (χ3n) is 5.72. The first kappa shape index (κ1) is 22.3. The highest BCUT2D eigenvalue weighted by Gasteiger charge is 2.28. The van der Waals surface area contributed by atoms with Gasteiger partial charge in [-0.1, -0.05) is 13.8 Å². The number of aryl methyl sites for hydroxylation is 1. The molecule has 1 aliphatic rings. The molecule has 1 amide bonds. The predicted octanol–water partition coefficient (Wildman–Crippen LogP) is 1.87. The number of rotatable bonds is 9. The lowest BCUT2D eigenvalue weighted by Gasteiger charge is -2.18. The smallest absolute Gasteiger partial charge is 0.273 e. The van der Waals surface area contributed by atoms with E-state index in [9.17, 15) is 9.59 Å². The Morgan fingerprint density at radius 2 is 1.97 bits per heavy atom. The molecule has 0 saturated heterocycles. The lowest BCUT2D eigenvalue weighted by molar-refractivity contribution is -0.116. The van der Waals surface area contributed by atoms with Crippen LogP contribution in [0.4, 0.5) is 0 Å². The fourth-order valence-electron chi connectivity index (χ4n) is 3.92. The molecule has 3 aromatic rings. The molecule has 0 fully saturated rings. The quantitative estimate of drug-likeness (QED) is 0.340. The molecule has 0 spiro atoms. The van der Waals surface area contributed by atoms with E-state index in [4.69, 9.17) is 0 Å². The average molecular weight is 447 g/mol. The molecule has 0 unspecified atom stereocenters. The van der Waals surface area contributed by atoms with Gasteiger partial charge in [0.1, 0.15) is 11.4 Å². The molecule has 0 atom stereocenters. The molecule has 4 heterocycles. The number of carbonyl (C=O) groups is 2. The zero-order chi connectivity index (χ0) is 23.4. The van der Waals surface area contributed by atoms with E-state index in [0.717, 1.165) is 30.9 Å². The monoisotopic (exact) mass is 446 g/mol. The molecule has 0 radical (unpaired) electrons. The Morgan fingerprint density at radius 3 is 2.64 bits per heavy atom. The second kappa shape index (κ2) is 9.70. The first-order valence-electron chi connectivity index (χ1n) is 10.9. The molecule has 170 valence electrons. The van der Waals surface area contributed by atoms with Crippen LogP contribution in [0.15, 0.2) is 41.7 Å². The summed E-state index contributed by atoms with van der Waals surface area (Å²) in [6.07, 6.45) is 10.1. The summed E-state index contributed by atoms with van der Waals surface area (Å²) in [5.41, 5.74) is 6.45. The topological polar surface area (TPSA) is 132 Å². The van der Waals surface area contributed by atoms with Crippen LogP contribution >= 0.6 is 0 Å². The lowest BCUT2D eigenvalue weighted by atomic mass is 9.98. The minimum atomic E-state index is -0.371. The van der Waals surface area contributed by atoms with Crippen LogP contribution in [0.3, 0.4) is 0 Å². The van der Waals surface area contributed by atoms with Gasteiger partial charge in [0, 0.05) is 37.0 Å². The first-order valence-corrected chi connectivity index (χ1v) is 10.9. The highest BCUT2D eigenvalue weighted by Crippen LogP contribution is 2.26. The number of hydrogen-bond donors (Lipinski definition) is 3. The van der Waals surface area contributed by atoms with Gasteiger partial charge >= 0.3 is 0 Å². The molecule has 0 saturated carbocycles. The SMILES string of the molecule is CCN(CC)CCc1c(C)[nH]c(C=C2C(=O)NN=C2c2cnccn2)c1C(=O)c1ncc[nH]1. The van der Waals surface area contributed by atoms with Crippen LogP contribution in [0, 0.1) is 6.92 Å². The van der Waals surface area contributed by atoms with Gasteiger partial charge in [0.05, 0.1) is 23.0 Å². The van der Waals surface area contributed by atoms with Gasteiger partial charge in [0.25, 0.3) is 5.91 Å². The van der Waals surface area contributed by atoms with Crippen molar-refractivity contribution < 1.29 is 9.59 Å². The summed E-state index contributed by atoms with van der Waals surface area (Å²) < 4.78 is 0. The molecule has 0 bridgehead atoms. The van der Waals surface area contributed by atoms with E-state index < -0.39 is 0 Å². The minimum absolute atomic E-state index is 0.234. The van der Waals surface area contributed by atoms with Crippen molar-refractivity contribution in [2.75, 3.05) is 19.6 Å². The number of amides is 1. The maximum atomic E-state index is 13.4. The number of imidazole rings is 1. The molecule has 0 aromatic carbocycles. The number of nitrogens with one attached hydrogen (secondary N) is 3. The summed E-state index contributed by atoms with van der Waals surface area (Å²) in [6, 6.07) is 0. The van der Waals surface area contributed by atoms with Crippen LogP contribution in [0.1, 0.15) is 52.7 Å². The highest BCUT2D eigenvalue weighted by atomic mass is 16.2. The van der Waals surface area contributed by atoms with E-state index in [-0.39, 0.29) is 17.5 Å². The summed E-state index contributed by atoms with van der Waals surface area (Å²) in [5.74, 6) is -0.359. The van der Waals surface area contributed by atoms with Crippen molar-refractivity contribution in [2.24, 2.45) is 5.10 Å². The van der Waals surface area contributed by atoms with Gasteiger partial charge in [-0.3, -0.25) is 19.6 Å². The summed E-state index contributed by atoms with van der Waals surface area (Å²) in [5, 5.41) is 4.12. The van der Waals surface area contributed by atoms with Crippen molar-refractivity contribution in [1.29, 1.82) is 0 Å². The van der Waals surface area contributed by atoms with Crippen LogP contribution in [0.2, 0.25) is 0 Å². The number of hydrazone groups is 1. The number of H-pyrrole nitrogens is 2. The van der Waals surface area contributed by atoms with E-state index in [2.05, 4.69) is 54.2 Å². The van der Waals surface area contributed by atoms with Crippen molar-refractivity contribution in [3.8, 4) is 0 Å². The molecule has 4 rings (SSSR count). The number of hydrogen-bond acceptors (Lipinski definition) is 7. The minimum Gasteiger partial charge on any atom is -0.358 e. The zero-order valence-corrected chi connectivity index (χ0v) is 18.8. The van der Waals surface area contributed by atoms with Crippen molar-refractivity contribution in [3.63, 3.8) is 0 Å². The van der Waals surface area contributed by atoms with Crippen molar-refractivity contribution in [3.05, 3.63) is 70.6 Å². The van der Waals surface area contributed by atoms with Crippen molar-refractivity contribution >= 4 is 23.5 Å². The second-order valence-corrected chi connectivity index (χ2v) is 7.61. The third kappa shape index (κ3) is 4.51. The molecular formula is C23H26N8O2. The van der Waals surface area contributed by atoms with Crippen LogP contribution in [-0.4, -0.2) is 66.9 Å². The number of nitrogens with zero attached hydrogens (tertiary/aromatic N) is 5. The number of ketones is 1. The Kier molecular flexibility index (Phi) is 6.55. The van der Waals surface area contributed by atoms with Crippen LogP contribution in [-0.2, 0) is 11.2 Å². The van der Waals surface area contributed by atoms with E-state index in [1.807, 2.05) is 6.92 Å². The van der Waals surface area contributed by atoms with E-state index in [0.29, 0.717) is 34.7 Å². The summed E-state index contributed by atoms with van der Waals surface area (Å²) in [6.45, 7) is 8.83. The van der Waals surface area contributed by atoms with Gasteiger partial charge in [-0.25, -0.2) is 10.4 Å². The van der Waals surface area contributed by atoms with E-state index in [1.165, 1.54) is 12.4 Å². The van der Waals surface area contributed by atoms with Gasteiger partial charge in [-0.15, -0.1) is 0 Å². The van der Waals surface area contributed by atoms with Gasteiger partial charge in [0.2, 0.25) is 5.78 Å². The van der Waals surface area contributed by atoms with Crippen LogP contribution in [0.5, 0.6) is 0 Å². The largest absolute Gasteiger partial charge is 0.358 e. The highest BCUT2D eigenvalue weighted by molar-refractivity contribution is 6.32. The first-order chi connectivity index (χ1) is 16.0. The number of carbonyl (C=O) groups excluding carboxylic acids is 2. The molecule has 3 N–H and O–H groups in total. The molecular weight excluding hydrogens is 420 g/mol. The summed E-state index contributed by atoms with van der Waals surface area (Å²) in [4.78, 5) is 47.0. The molecule has 10 heteroatoms. The second-order valence-electron chi connectivity index (χ2n) is 7.61. The van der Waals surface area contributed by atoms with Gasteiger partial charge in [-0.2, -0.15) is 5.10 Å². The standard InChI is InChI=1S/C23H26N8O2/c1-4-31(5-2)11-6-15-14(3)28-17(19(15)21(32)22-26-9-10-27-22)12-16-20(29-30-23(16)33)18-13-24-7-8-25-18/h7-10,12-13,28H,4-6,11H2,1-3H3,(H,26,27)(H,30,33). The third-order valence-corrected chi connectivity index (χ3v) is 5.72. The van der Waals surface area contributed by atoms with Gasteiger partial charge in [0.15, 0.2) is 5.82 Å². The lowest BCUT2D eigenvalue weighted by Crippen LogP contribution is -2.26. The fourth-order valence-corrected chi connectivity index (χ4v) is 3.92. The average Bonchev–Trinajstić information content (AvgIpc) is 3.56. The maximum absolute atomic E-state index is 13.4. The molecule has 1 aliphatic heterocycles. The van der Waals surface area contributed by atoms with Crippen molar-refractivity contribution in [1.82, 2.24) is 35.2 Å². The summed E-state index contributed by atoms with van der Waals surface area (Å²) >= 11 is 0. The van der Waals surface area contributed by atoms with Gasteiger partial charge in [-0.05, 0) is 38.1 Å².